The Bertz CT molecular complexity index is 846. The maximum absolute atomic E-state index is 5.71. The van der Waals surface area contributed by atoms with E-state index in [1.54, 1.807) is 0 Å². The number of hydrogen-bond acceptors (Lipinski definition) is 2. The summed E-state index contributed by atoms with van der Waals surface area (Å²) in [4.78, 5) is 4.78. The predicted molar refractivity (Wildman–Crippen MR) is 132 cm³/mol. The molecule has 1 aromatic rings. The number of para-hydroxylation sites is 1. The van der Waals surface area contributed by atoms with Crippen LogP contribution in [0.4, 0.5) is 5.69 Å². The minimum Gasteiger partial charge on any atom is -0.328 e. The molecule has 0 saturated carbocycles. The van der Waals surface area contributed by atoms with Gasteiger partial charge in [0.25, 0.3) is 0 Å². The van der Waals surface area contributed by atoms with Gasteiger partial charge in [-0.05, 0) is 58.9 Å². The molecule has 0 unspecified atom stereocenters. The number of anilines is 1. The molecule has 1 aromatic carbocycles. The van der Waals surface area contributed by atoms with E-state index in [0.717, 1.165) is 6.67 Å². The summed E-state index contributed by atoms with van der Waals surface area (Å²) in [7, 11) is 0. The second-order valence-electron chi connectivity index (χ2n) is 9.58. The first-order chi connectivity index (χ1) is 14.1. The fourth-order valence-corrected chi connectivity index (χ4v) is 4.04. The average molecular weight is 405 g/mol. The number of allylic oxidation sites excluding steroid dienone is 3. The molecule has 0 fully saturated rings. The quantitative estimate of drug-likeness (QED) is 0.340. The summed E-state index contributed by atoms with van der Waals surface area (Å²) in [6.45, 7) is 21.1. The standard InChI is InChI=1S/C28H40N2/c1-11-13-24(20(4)5)27(23(10)19(2)3)29-16-17-30(18-29)28-25(21(6)7)14-12-15-26(28)22(8)9/h1,12-17,19-22H,18H2,2-10H3/b24-13-,27-23-. The van der Waals surface area contributed by atoms with Gasteiger partial charge in [0.2, 0.25) is 0 Å². The largest absolute Gasteiger partial charge is 0.328 e. The molecule has 0 bridgehead atoms. The molecule has 0 radical (unpaired) electrons. The fourth-order valence-electron chi connectivity index (χ4n) is 4.04. The van der Waals surface area contributed by atoms with Crippen LogP contribution in [0.5, 0.6) is 0 Å². The Morgan fingerprint density at radius 2 is 1.50 bits per heavy atom. The lowest BCUT2D eigenvalue weighted by Crippen LogP contribution is -2.29. The van der Waals surface area contributed by atoms with Crippen molar-refractivity contribution in [2.75, 3.05) is 11.6 Å². The van der Waals surface area contributed by atoms with Crippen molar-refractivity contribution in [3.63, 3.8) is 0 Å². The van der Waals surface area contributed by atoms with Crippen LogP contribution in [-0.4, -0.2) is 11.6 Å². The van der Waals surface area contributed by atoms with Crippen LogP contribution in [0.3, 0.4) is 0 Å². The normalized spacial score (nSPS) is 15.7. The zero-order chi connectivity index (χ0) is 22.6. The van der Waals surface area contributed by atoms with Gasteiger partial charge in [0, 0.05) is 23.8 Å². The minimum atomic E-state index is 0.362. The van der Waals surface area contributed by atoms with Gasteiger partial charge >= 0.3 is 0 Å². The Morgan fingerprint density at radius 1 is 0.933 bits per heavy atom. The molecule has 0 spiro atoms. The van der Waals surface area contributed by atoms with Crippen LogP contribution in [0.15, 0.2) is 53.5 Å². The van der Waals surface area contributed by atoms with Crippen molar-refractivity contribution in [3.05, 3.63) is 64.6 Å². The maximum Gasteiger partial charge on any atom is 0.0989 e. The molecular formula is C28H40N2. The van der Waals surface area contributed by atoms with Crippen molar-refractivity contribution in [1.29, 1.82) is 0 Å². The van der Waals surface area contributed by atoms with E-state index in [0.29, 0.717) is 23.7 Å². The molecular weight excluding hydrogens is 364 g/mol. The first-order valence-corrected chi connectivity index (χ1v) is 11.3. The topological polar surface area (TPSA) is 6.48 Å². The van der Waals surface area contributed by atoms with Gasteiger partial charge < -0.3 is 9.80 Å². The average Bonchev–Trinajstić information content (AvgIpc) is 3.15. The van der Waals surface area contributed by atoms with Crippen molar-refractivity contribution in [1.82, 2.24) is 4.90 Å². The number of nitrogens with zero attached hydrogens (tertiary/aromatic N) is 2. The Labute approximate surface area is 185 Å². The number of rotatable bonds is 7. The van der Waals surface area contributed by atoms with Gasteiger partial charge in [-0.1, -0.05) is 79.5 Å². The fraction of sp³-hybridized carbons (Fsp3) is 0.500. The van der Waals surface area contributed by atoms with Crippen LogP contribution < -0.4 is 4.90 Å². The first-order valence-electron chi connectivity index (χ1n) is 11.3. The summed E-state index contributed by atoms with van der Waals surface area (Å²) >= 11 is 0. The summed E-state index contributed by atoms with van der Waals surface area (Å²) in [5, 5.41) is 0. The molecule has 0 atom stereocenters. The Morgan fingerprint density at radius 3 is 1.93 bits per heavy atom. The van der Waals surface area contributed by atoms with Crippen molar-refractivity contribution in [3.8, 4) is 12.3 Å². The van der Waals surface area contributed by atoms with Gasteiger partial charge in [0.05, 0.1) is 6.67 Å². The van der Waals surface area contributed by atoms with E-state index in [9.17, 15) is 0 Å². The SMILES string of the molecule is C#C/C=C(\C(=C(/C)C(C)C)N1C=CN(c2c(C(C)C)cccc2C(C)C)C1)C(C)C. The second-order valence-corrected chi connectivity index (χ2v) is 9.58. The van der Waals surface area contributed by atoms with E-state index in [-0.39, 0.29) is 0 Å². The molecule has 0 saturated heterocycles. The third-order valence-electron chi connectivity index (χ3n) is 6.02. The van der Waals surface area contributed by atoms with Gasteiger partial charge in [-0.15, -0.1) is 6.42 Å². The molecule has 0 N–H and O–H groups in total. The first kappa shape index (κ1) is 23.9. The van der Waals surface area contributed by atoms with Gasteiger partial charge in [-0.3, -0.25) is 0 Å². The molecule has 2 rings (SSSR count). The third kappa shape index (κ3) is 5.01. The molecule has 0 amide bonds. The Hall–Kier alpha value is -2.40. The number of benzene rings is 1. The van der Waals surface area contributed by atoms with Crippen LogP contribution in [0.2, 0.25) is 0 Å². The molecule has 0 aliphatic carbocycles. The second kappa shape index (κ2) is 10.1. The van der Waals surface area contributed by atoms with E-state index in [2.05, 4.69) is 109 Å². The molecule has 1 heterocycles. The summed E-state index contributed by atoms with van der Waals surface area (Å²) < 4.78 is 0. The molecule has 2 heteroatoms. The monoisotopic (exact) mass is 404 g/mol. The third-order valence-corrected chi connectivity index (χ3v) is 6.02. The lowest BCUT2D eigenvalue weighted by atomic mass is 9.91. The number of terminal acetylenes is 1. The predicted octanol–water partition coefficient (Wildman–Crippen LogP) is 7.63. The Kier molecular flexibility index (Phi) is 8.02. The highest BCUT2D eigenvalue weighted by Gasteiger charge is 2.27. The van der Waals surface area contributed by atoms with Crippen molar-refractivity contribution in [2.24, 2.45) is 11.8 Å². The van der Waals surface area contributed by atoms with Gasteiger partial charge in [-0.2, -0.15) is 0 Å². The summed E-state index contributed by atoms with van der Waals surface area (Å²) in [6.07, 6.45) is 12.1. The lowest BCUT2D eigenvalue weighted by molar-refractivity contribution is 0.480. The van der Waals surface area contributed by atoms with E-state index < -0.39 is 0 Å². The van der Waals surface area contributed by atoms with E-state index in [4.69, 9.17) is 6.42 Å². The maximum atomic E-state index is 5.71. The highest BCUT2D eigenvalue weighted by atomic mass is 15.3. The summed E-state index contributed by atoms with van der Waals surface area (Å²) in [6, 6.07) is 6.75. The molecule has 1 aliphatic rings. The van der Waals surface area contributed by atoms with Gasteiger partial charge in [-0.25, -0.2) is 0 Å². The van der Waals surface area contributed by atoms with Gasteiger partial charge in [0.1, 0.15) is 0 Å². The van der Waals surface area contributed by atoms with Crippen molar-refractivity contribution >= 4 is 5.69 Å². The van der Waals surface area contributed by atoms with E-state index >= 15 is 0 Å². The molecule has 0 aromatic heterocycles. The highest BCUT2D eigenvalue weighted by molar-refractivity contribution is 5.64. The van der Waals surface area contributed by atoms with Crippen LogP contribution in [0, 0.1) is 24.2 Å². The molecule has 2 nitrogen and oxygen atoms in total. The van der Waals surface area contributed by atoms with Crippen LogP contribution in [0.25, 0.3) is 0 Å². The molecule has 162 valence electrons. The smallest absolute Gasteiger partial charge is 0.0989 e. The zero-order valence-corrected chi connectivity index (χ0v) is 20.5. The van der Waals surface area contributed by atoms with Crippen LogP contribution in [-0.2, 0) is 0 Å². The van der Waals surface area contributed by atoms with Crippen LogP contribution >= 0.6 is 0 Å². The lowest BCUT2D eigenvalue weighted by Gasteiger charge is -2.32. The molecule has 30 heavy (non-hydrogen) atoms. The van der Waals surface area contributed by atoms with Gasteiger partial charge in [0.15, 0.2) is 0 Å². The molecule has 1 aliphatic heterocycles. The van der Waals surface area contributed by atoms with Crippen LogP contribution in [0.1, 0.15) is 85.3 Å². The summed E-state index contributed by atoms with van der Waals surface area (Å²) in [5.41, 5.74) is 8.04. The minimum absolute atomic E-state index is 0.362. The highest BCUT2D eigenvalue weighted by Crippen LogP contribution is 2.39. The Balaban J connectivity index is 2.55. The summed E-state index contributed by atoms with van der Waals surface area (Å²) in [5.74, 6) is 4.54. The zero-order valence-electron chi connectivity index (χ0n) is 20.5. The van der Waals surface area contributed by atoms with E-state index in [1.165, 1.54) is 33.7 Å². The number of hydrogen-bond donors (Lipinski definition) is 0. The van der Waals surface area contributed by atoms with E-state index in [1.807, 2.05) is 6.08 Å². The van der Waals surface area contributed by atoms with Crippen molar-refractivity contribution < 1.29 is 0 Å². The van der Waals surface area contributed by atoms with Crippen molar-refractivity contribution in [2.45, 2.75) is 74.1 Å².